The van der Waals surface area contributed by atoms with Crippen LogP contribution in [0.2, 0.25) is 0 Å². The molecule has 0 aliphatic heterocycles. The van der Waals surface area contributed by atoms with E-state index >= 15 is 0 Å². The Kier molecular flexibility index (Phi) is 4.68. The van der Waals surface area contributed by atoms with Gasteiger partial charge in [-0.1, -0.05) is 6.07 Å². The maximum atomic E-state index is 6.00. The first-order valence-electron chi connectivity index (χ1n) is 5.14. The first-order chi connectivity index (χ1) is 7.72. The molecular weight excluding hydrogens is 202 g/mol. The predicted octanol–water partition coefficient (Wildman–Crippen LogP) is 2.12. The van der Waals surface area contributed by atoms with E-state index in [4.69, 9.17) is 21.6 Å². The number of methoxy groups -OCH3 is 2. The molecule has 0 bridgehead atoms. The van der Waals surface area contributed by atoms with Crippen molar-refractivity contribution in [1.29, 1.82) is 0 Å². The van der Waals surface area contributed by atoms with Gasteiger partial charge in [-0.3, -0.25) is 0 Å². The highest BCUT2D eigenvalue weighted by atomic mass is 16.5. The molecule has 0 saturated heterocycles. The second-order valence-corrected chi connectivity index (χ2v) is 3.46. The summed E-state index contributed by atoms with van der Waals surface area (Å²) < 4.78 is 10.4. The van der Waals surface area contributed by atoms with Gasteiger partial charge in [0.2, 0.25) is 0 Å². The van der Waals surface area contributed by atoms with E-state index in [1.165, 1.54) is 0 Å². The summed E-state index contributed by atoms with van der Waals surface area (Å²) in [4.78, 5) is 0. The van der Waals surface area contributed by atoms with E-state index in [1.807, 2.05) is 18.2 Å². The number of rotatable bonds is 5. The minimum absolute atomic E-state index is 0.0594. The largest absolute Gasteiger partial charge is 0.493 e. The maximum absolute atomic E-state index is 6.00. The van der Waals surface area contributed by atoms with E-state index < -0.39 is 0 Å². The van der Waals surface area contributed by atoms with E-state index in [9.17, 15) is 0 Å². The van der Waals surface area contributed by atoms with Gasteiger partial charge >= 0.3 is 0 Å². The molecule has 1 rings (SSSR count). The van der Waals surface area contributed by atoms with Gasteiger partial charge in [-0.25, -0.2) is 0 Å². The molecule has 0 heterocycles. The minimum Gasteiger partial charge on any atom is -0.493 e. The molecule has 0 spiro atoms. The summed E-state index contributed by atoms with van der Waals surface area (Å²) in [6, 6.07) is 5.61. The normalized spacial score (nSPS) is 11.6. The van der Waals surface area contributed by atoms with Crippen LogP contribution in [0.15, 0.2) is 18.2 Å². The van der Waals surface area contributed by atoms with Crippen molar-refractivity contribution in [3.8, 4) is 23.8 Å². The Morgan fingerprint density at radius 1 is 1.31 bits per heavy atom. The van der Waals surface area contributed by atoms with E-state index in [-0.39, 0.29) is 6.04 Å². The van der Waals surface area contributed by atoms with Crippen LogP contribution < -0.4 is 15.2 Å². The zero-order chi connectivity index (χ0) is 12.0. The molecular formula is C13H17NO2. The summed E-state index contributed by atoms with van der Waals surface area (Å²) in [7, 11) is 3.21. The van der Waals surface area contributed by atoms with Crippen molar-refractivity contribution in [2.45, 2.75) is 18.9 Å². The van der Waals surface area contributed by atoms with Gasteiger partial charge in [0.15, 0.2) is 11.5 Å². The standard InChI is InChI=1S/C13H17NO2/c1-4-5-6-11(14)10-7-8-12(15-2)13(9-10)16-3/h1,7-9,11H,5-6,14H2,2-3H3. The van der Waals surface area contributed by atoms with Crippen LogP contribution in [0.5, 0.6) is 11.5 Å². The molecule has 1 aromatic rings. The van der Waals surface area contributed by atoms with Gasteiger partial charge in [0, 0.05) is 12.5 Å². The molecule has 0 aliphatic rings. The van der Waals surface area contributed by atoms with Crippen molar-refractivity contribution in [1.82, 2.24) is 0 Å². The zero-order valence-corrected chi connectivity index (χ0v) is 9.69. The lowest BCUT2D eigenvalue weighted by Crippen LogP contribution is -2.10. The molecule has 0 amide bonds. The number of benzene rings is 1. The summed E-state index contributed by atoms with van der Waals surface area (Å²) in [5, 5.41) is 0. The monoisotopic (exact) mass is 219 g/mol. The topological polar surface area (TPSA) is 44.5 Å². The van der Waals surface area contributed by atoms with Gasteiger partial charge in [0.1, 0.15) is 0 Å². The molecule has 86 valence electrons. The molecule has 1 unspecified atom stereocenters. The number of terminal acetylenes is 1. The van der Waals surface area contributed by atoms with Gasteiger partial charge < -0.3 is 15.2 Å². The molecule has 0 fully saturated rings. The van der Waals surface area contributed by atoms with Crippen molar-refractivity contribution in [3.63, 3.8) is 0 Å². The summed E-state index contributed by atoms with van der Waals surface area (Å²) in [6.45, 7) is 0. The third-order valence-corrected chi connectivity index (χ3v) is 2.44. The summed E-state index contributed by atoms with van der Waals surface area (Å²) >= 11 is 0. The molecule has 1 atom stereocenters. The molecule has 3 heteroatoms. The third kappa shape index (κ3) is 2.91. The molecule has 1 aromatic carbocycles. The van der Waals surface area contributed by atoms with Gasteiger partial charge in [-0.05, 0) is 24.1 Å². The lowest BCUT2D eigenvalue weighted by Gasteiger charge is -2.13. The predicted molar refractivity (Wildman–Crippen MR) is 64.5 cm³/mol. The van der Waals surface area contributed by atoms with Gasteiger partial charge in [-0.2, -0.15) is 0 Å². The Hall–Kier alpha value is -1.66. The third-order valence-electron chi connectivity index (χ3n) is 2.44. The van der Waals surface area contributed by atoms with Gasteiger partial charge in [0.05, 0.1) is 14.2 Å². The van der Waals surface area contributed by atoms with E-state index in [1.54, 1.807) is 14.2 Å². The second-order valence-electron chi connectivity index (χ2n) is 3.46. The molecule has 16 heavy (non-hydrogen) atoms. The Morgan fingerprint density at radius 2 is 2.00 bits per heavy atom. The Labute approximate surface area is 96.6 Å². The van der Waals surface area contributed by atoms with Crippen LogP contribution in [0.3, 0.4) is 0 Å². The lowest BCUT2D eigenvalue weighted by molar-refractivity contribution is 0.354. The van der Waals surface area contributed by atoms with Crippen LogP contribution in [0.25, 0.3) is 0 Å². The minimum atomic E-state index is -0.0594. The lowest BCUT2D eigenvalue weighted by atomic mass is 10.0. The number of hydrogen-bond donors (Lipinski definition) is 1. The summed E-state index contributed by atoms with van der Waals surface area (Å²) in [5.41, 5.74) is 7.01. The van der Waals surface area contributed by atoms with Crippen molar-refractivity contribution < 1.29 is 9.47 Å². The highest BCUT2D eigenvalue weighted by Gasteiger charge is 2.09. The Morgan fingerprint density at radius 3 is 2.56 bits per heavy atom. The van der Waals surface area contributed by atoms with E-state index in [0.717, 1.165) is 12.0 Å². The van der Waals surface area contributed by atoms with Crippen LogP contribution in [-0.4, -0.2) is 14.2 Å². The van der Waals surface area contributed by atoms with Crippen LogP contribution in [0.1, 0.15) is 24.4 Å². The molecule has 2 N–H and O–H groups in total. The van der Waals surface area contributed by atoms with Crippen molar-refractivity contribution >= 4 is 0 Å². The fourth-order valence-corrected chi connectivity index (χ4v) is 1.49. The number of hydrogen-bond acceptors (Lipinski definition) is 3. The molecule has 0 aromatic heterocycles. The fourth-order valence-electron chi connectivity index (χ4n) is 1.49. The van der Waals surface area contributed by atoms with Crippen LogP contribution in [0.4, 0.5) is 0 Å². The average molecular weight is 219 g/mol. The molecule has 0 aliphatic carbocycles. The molecule has 3 nitrogen and oxygen atoms in total. The van der Waals surface area contributed by atoms with E-state index in [2.05, 4.69) is 5.92 Å². The summed E-state index contributed by atoms with van der Waals surface area (Å²) in [6.07, 6.45) is 6.65. The SMILES string of the molecule is C#CCCC(N)c1ccc(OC)c(OC)c1. The van der Waals surface area contributed by atoms with Crippen LogP contribution in [-0.2, 0) is 0 Å². The van der Waals surface area contributed by atoms with Crippen molar-refractivity contribution in [2.75, 3.05) is 14.2 Å². The first kappa shape index (κ1) is 12.4. The number of ether oxygens (including phenoxy) is 2. The highest BCUT2D eigenvalue weighted by Crippen LogP contribution is 2.30. The number of nitrogens with two attached hydrogens (primary N) is 1. The van der Waals surface area contributed by atoms with Crippen molar-refractivity contribution in [2.24, 2.45) is 5.73 Å². The highest BCUT2D eigenvalue weighted by molar-refractivity contribution is 5.43. The second kappa shape index (κ2) is 6.04. The van der Waals surface area contributed by atoms with Gasteiger partial charge in [0.25, 0.3) is 0 Å². The smallest absolute Gasteiger partial charge is 0.161 e. The van der Waals surface area contributed by atoms with Crippen LogP contribution >= 0.6 is 0 Å². The summed E-state index contributed by atoms with van der Waals surface area (Å²) in [5.74, 6) is 3.98. The van der Waals surface area contributed by atoms with Crippen LogP contribution in [0, 0.1) is 12.3 Å². The Bertz CT molecular complexity index is 382. The molecule has 0 radical (unpaired) electrons. The maximum Gasteiger partial charge on any atom is 0.161 e. The zero-order valence-electron chi connectivity index (χ0n) is 9.69. The first-order valence-corrected chi connectivity index (χ1v) is 5.14. The van der Waals surface area contributed by atoms with Gasteiger partial charge in [-0.15, -0.1) is 12.3 Å². The average Bonchev–Trinajstić information content (AvgIpc) is 2.34. The quantitative estimate of drug-likeness (QED) is 0.771. The van der Waals surface area contributed by atoms with E-state index in [0.29, 0.717) is 17.9 Å². The fraction of sp³-hybridized carbons (Fsp3) is 0.385. The molecule has 0 saturated carbocycles. The Balaban J connectivity index is 2.86. The van der Waals surface area contributed by atoms with Crippen molar-refractivity contribution in [3.05, 3.63) is 23.8 Å².